The summed E-state index contributed by atoms with van der Waals surface area (Å²) in [6.07, 6.45) is 1.89. The number of rotatable bonds is 5. The normalized spacial score (nSPS) is 13.3. The molecule has 0 spiro atoms. The molecule has 1 unspecified atom stereocenters. The third kappa shape index (κ3) is 4.18. The lowest BCUT2D eigenvalue weighted by Crippen LogP contribution is -2.08. The molecule has 76 valence electrons. The number of ether oxygens (including phenoxy) is 1. The molecule has 1 rings (SSSR count). The van der Waals surface area contributed by atoms with E-state index in [9.17, 15) is 5.11 Å². The molecule has 0 aliphatic rings. The first kappa shape index (κ1) is 10.9. The summed E-state index contributed by atoms with van der Waals surface area (Å²) in [4.78, 5) is 0. The Kier molecular flexibility index (Phi) is 4.93. The number of hydrogen-bond donors (Lipinski definition) is 2. The molecule has 0 fully saturated rings. The molecule has 0 aliphatic carbocycles. The van der Waals surface area contributed by atoms with E-state index < -0.39 is 6.29 Å². The van der Waals surface area contributed by atoms with Crippen LogP contribution in [0.4, 0.5) is 0 Å². The van der Waals surface area contributed by atoms with Crippen LogP contribution in [0, 0.1) is 0 Å². The van der Waals surface area contributed by atoms with Crippen molar-refractivity contribution in [2.24, 2.45) is 0 Å². The summed E-state index contributed by atoms with van der Waals surface area (Å²) in [5.41, 5.74) is 1.00. The molecule has 0 aromatic heterocycles. The van der Waals surface area contributed by atoms with Crippen molar-refractivity contribution in [1.29, 1.82) is 0 Å². The van der Waals surface area contributed by atoms with Crippen LogP contribution in [0.25, 0.3) is 0 Å². The van der Waals surface area contributed by atoms with E-state index in [1.807, 2.05) is 30.3 Å². The topological polar surface area (TPSA) is 49.7 Å². The molecule has 0 aliphatic heterocycles. The second-order valence-corrected chi connectivity index (χ2v) is 2.80. The average Bonchev–Trinajstić information content (AvgIpc) is 2.25. The summed E-state index contributed by atoms with van der Waals surface area (Å²) in [5, 5.41) is 17.7. The highest BCUT2D eigenvalue weighted by molar-refractivity contribution is 5.13. The van der Waals surface area contributed by atoms with Gasteiger partial charge in [0.15, 0.2) is 6.29 Å². The van der Waals surface area contributed by atoms with E-state index in [1.54, 1.807) is 0 Å². The molecule has 1 aromatic carbocycles. The zero-order valence-electron chi connectivity index (χ0n) is 7.84. The third-order valence-corrected chi connectivity index (χ3v) is 1.67. The largest absolute Gasteiger partial charge is 0.392 e. The fraction of sp³-hybridized carbons (Fsp3) is 0.273. The minimum absolute atomic E-state index is 0.0915. The maximum absolute atomic E-state index is 9.22. The predicted octanol–water partition coefficient (Wildman–Crippen LogP) is 1.07. The summed E-state index contributed by atoms with van der Waals surface area (Å²) < 4.78 is 5.09. The molecule has 0 amide bonds. The minimum atomic E-state index is -0.956. The van der Waals surface area contributed by atoms with E-state index in [0.29, 0.717) is 6.61 Å². The molecule has 0 saturated carbocycles. The standard InChI is InChI=1S/C11H14O3/c12-8-4-7-11(13)14-9-10-5-2-1-3-6-10/h1-7,11-13H,8-9H2/b7-4-. The van der Waals surface area contributed by atoms with Crippen LogP contribution in [0.3, 0.4) is 0 Å². The molecule has 1 aromatic rings. The van der Waals surface area contributed by atoms with Gasteiger partial charge in [-0.05, 0) is 11.6 Å². The van der Waals surface area contributed by atoms with E-state index in [4.69, 9.17) is 9.84 Å². The van der Waals surface area contributed by atoms with Crippen LogP contribution in [0.2, 0.25) is 0 Å². The Morgan fingerprint density at radius 2 is 2.00 bits per heavy atom. The average molecular weight is 194 g/mol. The quantitative estimate of drug-likeness (QED) is 0.544. The maximum atomic E-state index is 9.22. The van der Waals surface area contributed by atoms with Crippen LogP contribution in [0.15, 0.2) is 42.5 Å². The summed E-state index contributed by atoms with van der Waals surface area (Å²) in [5.74, 6) is 0. The molecule has 1 atom stereocenters. The molecule has 14 heavy (non-hydrogen) atoms. The molecule has 2 N–H and O–H groups in total. The van der Waals surface area contributed by atoms with Crippen molar-refractivity contribution in [1.82, 2.24) is 0 Å². The van der Waals surface area contributed by atoms with Crippen LogP contribution in [0.1, 0.15) is 5.56 Å². The van der Waals surface area contributed by atoms with Crippen LogP contribution in [0.5, 0.6) is 0 Å². The van der Waals surface area contributed by atoms with E-state index in [-0.39, 0.29) is 6.61 Å². The van der Waals surface area contributed by atoms with E-state index >= 15 is 0 Å². The van der Waals surface area contributed by atoms with Gasteiger partial charge in [-0.2, -0.15) is 0 Å². The van der Waals surface area contributed by atoms with Crippen LogP contribution < -0.4 is 0 Å². The Morgan fingerprint density at radius 3 is 2.64 bits per heavy atom. The summed E-state index contributed by atoms with van der Waals surface area (Å²) in [7, 11) is 0. The van der Waals surface area contributed by atoms with Gasteiger partial charge in [-0.3, -0.25) is 0 Å². The Morgan fingerprint density at radius 1 is 1.29 bits per heavy atom. The van der Waals surface area contributed by atoms with Crippen molar-refractivity contribution >= 4 is 0 Å². The van der Waals surface area contributed by atoms with E-state index in [0.717, 1.165) is 5.56 Å². The summed E-state index contributed by atoms with van der Waals surface area (Å²) >= 11 is 0. The van der Waals surface area contributed by atoms with Gasteiger partial charge in [0.05, 0.1) is 13.2 Å². The molecular weight excluding hydrogens is 180 g/mol. The number of aliphatic hydroxyl groups excluding tert-OH is 2. The fourth-order valence-corrected chi connectivity index (χ4v) is 0.989. The van der Waals surface area contributed by atoms with Crippen molar-refractivity contribution in [2.45, 2.75) is 12.9 Å². The van der Waals surface area contributed by atoms with Gasteiger partial charge >= 0.3 is 0 Å². The van der Waals surface area contributed by atoms with Crippen molar-refractivity contribution in [3.8, 4) is 0 Å². The van der Waals surface area contributed by atoms with Crippen molar-refractivity contribution in [3.05, 3.63) is 48.0 Å². The Labute approximate surface area is 83.3 Å². The highest BCUT2D eigenvalue weighted by Crippen LogP contribution is 2.02. The highest BCUT2D eigenvalue weighted by Gasteiger charge is 1.98. The summed E-state index contributed by atoms with van der Waals surface area (Å²) in [6.45, 7) is 0.267. The SMILES string of the molecule is OC/C=C\C(O)OCc1ccccc1. The predicted molar refractivity (Wildman–Crippen MR) is 53.5 cm³/mol. The van der Waals surface area contributed by atoms with Gasteiger partial charge in [0.25, 0.3) is 0 Å². The van der Waals surface area contributed by atoms with Crippen molar-refractivity contribution < 1.29 is 14.9 Å². The first-order valence-electron chi connectivity index (χ1n) is 4.44. The van der Waals surface area contributed by atoms with E-state index in [1.165, 1.54) is 12.2 Å². The Bertz CT molecular complexity index is 269. The minimum Gasteiger partial charge on any atom is -0.392 e. The lowest BCUT2D eigenvalue weighted by molar-refractivity contribution is -0.0735. The molecular formula is C11H14O3. The third-order valence-electron chi connectivity index (χ3n) is 1.67. The molecule has 3 heteroatoms. The molecule has 0 saturated heterocycles. The lowest BCUT2D eigenvalue weighted by Gasteiger charge is -2.07. The number of hydrogen-bond acceptors (Lipinski definition) is 3. The Balaban J connectivity index is 2.30. The van der Waals surface area contributed by atoms with Gasteiger partial charge in [0, 0.05) is 0 Å². The van der Waals surface area contributed by atoms with Gasteiger partial charge < -0.3 is 14.9 Å². The monoisotopic (exact) mass is 194 g/mol. The maximum Gasteiger partial charge on any atom is 0.174 e. The molecule has 0 bridgehead atoms. The van der Waals surface area contributed by atoms with E-state index in [2.05, 4.69) is 0 Å². The molecule has 0 heterocycles. The smallest absolute Gasteiger partial charge is 0.174 e. The van der Waals surface area contributed by atoms with Gasteiger partial charge in [0.1, 0.15) is 0 Å². The Hall–Kier alpha value is -1.16. The first-order valence-corrected chi connectivity index (χ1v) is 4.44. The van der Waals surface area contributed by atoms with Crippen LogP contribution in [-0.4, -0.2) is 23.1 Å². The van der Waals surface area contributed by atoms with Gasteiger partial charge in [-0.1, -0.05) is 36.4 Å². The van der Waals surface area contributed by atoms with Gasteiger partial charge in [0.2, 0.25) is 0 Å². The summed E-state index contributed by atoms with van der Waals surface area (Å²) in [6, 6.07) is 9.58. The second kappa shape index (κ2) is 6.32. The zero-order chi connectivity index (χ0) is 10.2. The zero-order valence-corrected chi connectivity index (χ0v) is 7.84. The first-order chi connectivity index (χ1) is 6.83. The van der Waals surface area contributed by atoms with Crippen molar-refractivity contribution in [3.63, 3.8) is 0 Å². The van der Waals surface area contributed by atoms with Crippen molar-refractivity contribution in [2.75, 3.05) is 6.61 Å². The van der Waals surface area contributed by atoms with Gasteiger partial charge in [-0.15, -0.1) is 0 Å². The van der Waals surface area contributed by atoms with Crippen LogP contribution >= 0.6 is 0 Å². The second-order valence-electron chi connectivity index (χ2n) is 2.80. The molecule has 0 radical (unpaired) electrons. The highest BCUT2D eigenvalue weighted by atomic mass is 16.6. The van der Waals surface area contributed by atoms with Crippen LogP contribution in [-0.2, 0) is 11.3 Å². The number of aliphatic hydroxyl groups is 2. The van der Waals surface area contributed by atoms with Gasteiger partial charge in [-0.25, -0.2) is 0 Å². The fourth-order valence-electron chi connectivity index (χ4n) is 0.989. The number of benzene rings is 1. The molecule has 3 nitrogen and oxygen atoms in total. The lowest BCUT2D eigenvalue weighted by atomic mass is 10.2.